The van der Waals surface area contributed by atoms with Gasteiger partial charge in [0.25, 0.3) is 0 Å². The molecule has 17 heavy (non-hydrogen) atoms. The van der Waals surface area contributed by atoms with Crippen LogP contribution in [0, 0.1) is 0 Å². The van der Waals surface area contributed by atoms with E-state index in [2.05, 4.69) is 4.72 Å². The number of hydrogen-bond acceptors (Lipinski definition) is 4. The molecule has 0 saturated carbocycles. The molecule has 2 N–H and O–H groups in total. The van der Waals surface area contributed by atoms with E-state index in [1.165, 1.54) is 7.05 Å². The summed E-state index contributed by atoms with van der Waals surface area (Å²) in [6.45, 7) is 0.805. The Balaban J connectivity index is 2.24. The fourth-order valence-corrected chi connectivity index (χ4v) is 2.71. The minimum absolute atomic E-state index is 0.234. The number of aliphatic hydroxyl groups is 1. The summed E-state index contributed by atoms with van der Waals surface area (Å²) in [4.78, 5) is 2.10. The summed E-state index contributed by atoms with van der Waals surface area (Å²) < 4.78 is 25.3. The van der Waals surface area contributed by atoms with Gasteiger partial charge in [0.15, 0.2) is 0 Å². The van der Waals surface area contributed by atoms with Gasteiger partial charge in [-0.05, 0) is 44.2 Å². The molecule has 1 aromatic rings. The van der Waals surface area contributed by atoms with Crippen molar-refractivity contribution in [1.82, 2.24) is 4.72 Å². The van der Waals surface area contributed by atoms with Crippen molar-refractivity contribution in [1.29, 1.82) is 0 Å². The Morgan fingerprint density at radius 2 is 2.00 bits per heavy atom. The Hall–Kier alpha value is -1.11. The summed E-state index contributed by atoms with van der Waals surface area (Å²) in [5, 5.41) is 9.71. The first-order chi connectivity index (χ1) is 8.04. The summed E-state index contributed by atoms with van der Waals surface area (Å²) in [6.07, 6.45) is 1.26. The Labute approximate surface area is 101 Å². The van der Waals surface area contributed by atoms with Crippen LogP contribution in [0.1, 0.15) is 12.8 Å². The topological polar surface area (TPSA) is 69.6 Å². The van der Waals surface area contributed by atoms with E-state index in [4.69, 9.17) is 0 Å². The minimum atomic E-state index is -3.38. The number of sulfonamides is 1. The summed E-state index contributed by atoms with van der Waals surface area (Å²) >= 11 is 0. The molecule has 1 aliphatic heterocycles. The van der Waals surface area contributed by atoms with Gasteiger partial charge in [0.1, 0.15) is 6.23 Å². The summed E-state index contributed by atoms with van der Waals surface area (Å²) in [5.41, 5.74) is 0.852. The summed E-state index contributed by atoms with van der Waals surface area (Å²) in [5.74, 6) is 0. The van der Waals surface area contributed by atoms with Crippen molar-refractivity contribution in [3.63, 3.8) is 0 Å². The lowest BCUT2D eigenvalue weighted by atomic mass is 10.3. The van der Waals surface area contributed by atoms with Crippen LogP contribution in [-0.2, 0) is 10.0 Å². The normalized spacial score (nSPS) is 20.8. The van der Waals surface area contributed by atoms with Gasteiger partial charge in [-0.2, -0.15) is 0 Å². The van der Waals surface area contributed by atoms with Gasteiger partial charge in [0, 0.05) is 12.2 Å². The van der Waals surface area contributed by atoms with E-state index in [0.29, 0.717) is 0 Å². The van der Waals surface area contributed by atoms with Crippen molar-refractivity contribution in [2.24, 2.45) is 0 Å². The predicted octanol–water partition coefficient (Wildman–Crippen LogP) is 0.513. The monoisotopic (exact) mass is 256 g/mol. The number of rotatable bonds is 3. The molecule has 6 heteroatoms. The molecule has 2 rings (SSSR count). The minimum Gasteiger partial charge on any atom is -0.374 e. The van der Waals surface area contributed by atoms with Crippen molar-refractivity contribution in [2.75, 3.05) is 18.5 Å². The fraction of sp³-hybridized carbons (Fsp3) is 0.455. The first kappa shape index (κ1) is 12.3. The predicted molar refractivity (Wildman–Crippen MR) is 65.3 cm³/mol. The van der Waals surface area contributed by atoms with E-state index in [1.54, 1.807) is 24.3 Å². The van der Waals surface area contributed by atoms with Gasteiger partial charge >= 0.3 is 0 Å². The summed E-state index contributed by atoms with van der Waals surface area (Å²) in [7, 11) is -2.00. The average molecular weight is 256 g/mol. The Bertz CT molecular complexity index is 484. The lowest BCUT2D eigenvalue weighted by Gasteiger charge is -2.22. The first-order valence-electron chi connectivity index (χ1n) is 5.53. The van der Waals surface area contributed by atoms with Crippen LogP contribution < -0.4 is 9.62 Å². The van der Waals surface area contributed by atoms with Crippen LogP contribution in [0.5, 0.6) is 0 Å². The third kappa shape index (κ3) is 2.43. The zero-order valence-corrected chi connectivity index (χ0v) is 10.4. The maximum Gasteiger partial charge on any atom is 0.240 e. The van der Waals surface area contributed by atoms with Gasteiger partial charge in [-0.25, -0.2) is 13.1 Å². The van der Waals surface area contributed by atoms with Crippen molar-refractivity contribution in [3.05, 3.63) is 24.3 Å². The van der Waals surface area contributed by atoms with Gasteiger partial charge < -0.3 is 10.0 Å². The summed E-state index contributed by atoms with van der Waals surface area (Å²) in [6, 6.07) is 6.54. The van der Waals surface area contributed by atoms with Crippen LogP contribution >= 0.6 is 0 Å². The fourth-order valence-electron chi connectivity index (χ4n) is 1.98. The van der Waals surface area contributed by atoms with Gasteiger partial charge in [-0.1, -0.05) is 0 Å². The number of anilines is 1. The van der Waals surface area contributed by atoms with Crippen molar-refractivity contribution in [3.8, 4) is 0 Å². The molecular formula is C11H16N2O3S. The first-order valence-corrected chi connectivity index (χ1v) is 7.01. The molecule has 94 valence electrons. The molecule has 1 saturated heterocycles. The second kappa shape index (κ2) is 4.64. The average Bonchev–Trinajstić information content (AvgIpc) is 2.76. The SMILES string of the molecule is CNS(=O)(=O)c1ccc(N2CCCC2O)cc1. The lowest BCUT2D eigenvalue weighted by molar-refractivity contribution is 0.185. The Morgan fingerprint density at radius 3 is 2.47 bits per heavy atom. The van der Waals surface area contributed by atoms with Crippen molar-refractivity contribution < 1.29 is 13.5 Å². The van der Waals surface area contributed by atoms with Crippen LogP contribution in [0.3, 0.4) is 0 Å². The van der Waals surface area contributed by atoms with Crippen LogP contribution in [0.25, 0.3) is 0 Å². The largest absolute Gasteiger partial charge is 0.374 e. The Morgan fingerprint density at radius 1 is 1.35 bits per heavy atom. The standard InChI is InChI=1S/C11H16N2O3S/c1-12-17(15,16)10-6-4-9(5-7-10)13-8-2-3-11(13)14/h4-7,11-12,14H,2-3,8H2,1H3. The molecule has 0 aromatic heterocycles. The van der Waals surface area contributed by atoms with E-state index in [1.807, 2.05) is 4.90 Å². The highest BCUT2D eigenvalue weighted by atomic mass is 32.2. The van der Waals surface area contributed by atoms with Gasteiger partial charge in [-0.3, -0.25) is 0 Å². The van der Waals surface area contributed by atoms with E-state index < -0.39 is 16.3 Å². The number of nitrogens with one attached hydrogen (secondary N) is 1. The maximum atomic E-state index is 11.5. The smallest absolute Gasteiger partial charge is 0.240 e. The molecule has 1 atom stereocenters. The molecule has 0 radical (unpaired) electrons. The highest BCUT2D eigenvalue weighted by molar-refractivity contribution is 7.89. The second-order valence-corrected chi connectivity index (χ2v) is 5.90. The van der Waals surface area contributed by atoms with E-state index in [0.717, 1.165) is 25.1 Å². The highest BCUT2D eigenvalue weighted by Gasteiger charge is 2.22. The number of aliphatic hydroxyl groups excluding tert-OH is 1. The van der Waals surface area contributed by atoms with E-state index in [-0.39, 0.29) is 4.90 Å². The van der Waals surface area contributed by atoms with Crippen LogP contribution in [0.2, 0.25) is 0 Å². The van der Waals surface area contributed by atoms with Crippen molar-refractivity contribution in [2.45, 2.75) is 24.0 Å². The zero-order chi connectivity index (χ0) is 12.5. The quantitative estimate of drug-likeness (QED) is 0.827. The van der Waals surface area contributed by atoms with E-state index >= 15 is 0 Å². The zero-order valence-electron chi connectivity index (χ0n) is 9.63. The molecule has 0 spiro atoms. The van der Waals surface area contributed by atoms with Gasteiger partial charge in [-0.15, -0.1) is 0 Å². The van der Waals surface area contributed by atoms with Crippen LogP contribution in [-0.4, -0.2) is 33.3 Å². The molecule has 5 nitrogen and oxygen atoms in total. The molecule has 1 fully saturated rings. The third-order valence-electron chi connectivity index (χ3n) is 2.97. The second-order valence-electron chi connectivity index (χ2n) is 4.02. The molecule has 1 aromatic carbocycles. The number of nitrogens with zero attached hydrogens (tertiary/aromatic N) is 1. The molecule has 1 unspecified atom stereocenters. The van der Waals surface area contributed by atoms with Gasteiger partial charge in [0.05, 0.1) is 4.90 Å². The third-order valence-corrected chi connectivity index (χ3v) is 4.40. The van der Waals surface area contributed by atoms with Crippen LogP contribution in [0.15, 0.2) is 29.2 Å². The van der Waals surface area contributed by atoms with Crippen molar-refractivity contribution >= 4 is 15.7 Å². The molecular weight excluding hydrogens is 240 g/mol. The number of hydrogen-bond donors (Lipinski definition) is 2. The molecule has 0 aliphatic carbocycles. The Kier molecular flexibility index (Phi) is 3.37. The number of benzene rings is 1. The maximum absolute atomic E-state index is 11.5. The highest BCUT2D eigenvalue weighted by Crippen LogP contribution is 2.25. The molecule has 0 bridgehead atoms. The molecule has 1 heterocycles. The molecule has 0 amide bonds. The van der Waals surface area contributed by atoms with Gasteiger partial charge in [0.2, 0.25) is 10.0 Å². The lowest BCUT2D eigenvalue weighted by Crippen LogP contribution is -2.28. The van der Waals surface area contributed by atoms with E-state index in [9.17, 15) is 13.5 Å². The van der Waals surface area contributed by atoms with Crippen LogP contribution in [0.4, 0.5) is 5.69 Å². The molecule has 1 aliphatic rings.